The van der Waals surface area contributed by atoms with Crippen LogP contribution in [0, 0.1) is 11.8 Å². The Bertz CT molecular complexity index is 561. The van der Waals surface area contributed by atoms with Gasteiger partial charge >= 0.3 is 0 Å². The topological polar surface area (TPSA) is 21.6 Å². The second kappa shape index (κ2) is 11.6. The van der Waals surface area contributed by atoms with Gasteiger partial charge in [-0.25, -0.2) is 0 Å². The van der Waals surface area contributed by atoms with Gasteiger partial charge in [-0.3, -0.25) is 4.99 Å². The average molecular weight is 374 g/mol. The molecule has 1 saturated carbocycles. The van der Waals surface area contributed by atoms with E-state index in [0.29, 0.717) is 12.1 Å². The fourth-order valence-corrected chi connectivity index (χ4v) is 4.42. The maximum Gasteiger partial charge on any atom is 0.0783 e. The lowest BCUT2D eigenvalue weighted by Crippen LogP contribution is -2.08. The molecule has 3 heteroatoms. The Kier molecular flexibility index (Phi) is 9.49. The zero-order valence-electron chi connectivity index (χ0n) is 16.7. The van der Waals surface area contributed by atoms with Crippen LogP contribution in [0.2, 0.25) is 0 Å². The first-order valence-electron chi connectivity index (χ1n) is 9.97. The molecule has 4 atom stereocenters. The van der Waals surface area contributed by atoms with E-state index in [9.17, 15) is 0 Å². The minimum absolute atomic E-state index is 0.296. The van der Waals surface area contributed by atoms with Gasteiger partial charge in [-0.2, -0.15) is 0 Å². The summed E-state index contributed by atoms with van der Waals surface area (Å²) in [4.78, 5) is 4.86. The third kappa shape index (κ3) is 7.67. The Hall–Kier alpha value is -1.06. The van der Waals surface area contributed by atoms with E-state index in [-0.39, 0.29) is 0 Å². The molecular formula is C23H35NOS. The van der Waals surface area contributed by atoms with E-state index >= 15 is 0 Å². The summed E-state index contributed by atoms with van der Waals surface area (Å²) >= 11 is 1.97. The Labute approximate surface area is 164 Å². The van der Waals surface area contributed by atoms with Crippen LogP contribution in [0.25, 0.3) is 0 Å². The Balaban J connectivity index is 1.58. The Morgan fingerprint density at radius 2 is 2.15 bits per heavy atom. The molecule has 0 aromatic heterocycles. The lowest BCUT2D eigenvalue weighted by molar-refractivity contribution is 0.0981. The van der Waals surface area contributed by atoms with E-state index in [1.165, 1.54) is 17.0 Å². The van der Waals surface area contributed by atoms with Crippen LogP contribution in [0.15, 0.2) is 53.6 Å². The third-order valence-electron chi connectivity index (χ3n) is 5.12. The molecule has 2 rings (SSSR count). The van der Waals surface area contributed by atoms with Gasteiger partial charge in [-0.05, 0) is 51.4 Å². The van der Waals surface area contributed by atoms with Crippen molar-refractivity contribution in [2.24, 2.45) is 16.8 Å². The van der Waals surface area contributed by atoms with Crippen LogP contribution in [0.4, 0.5) is 0 Å². The number of thioether (sulfide) groups is 1. The molecule has 0 bridgehead atoms. The van der Waals surface area contributed by atoms with Crippen molar-refractivity contribution >= 4 is 16.8 Å². The van der Waals surface area contributed by atoms with Crippen molar-refractivity contribution < 1.29 is 4.74 Å². The van der Waals surface area contributed by atoms with E-state index in [2.05, 4.69) is 50.8 Å². The van der Waals surface area contributed by atoms with Crippen molar-refractivity contribution in [3.8, 4) is 0 Å². The molecule has 26 heavy (non-hydrogen) atoms. The van der Waals surface area contributed by atoms with Crippen LogP contribution in [-0.2, 0) is 4.74 Å². The molecule has 0 N–H and O–H groups in total. The van der Waals surface area contributed by atoms with Gasteiger partial charge in [-0.1, -0.05) is 49.0 Å². The van der Waals surface area contributed by atoms with Gasteiger partial charge in [0.05, 0.1) is 17.2 Å². The van der Waals surface area contributed by atoms with Gasteiger partial charge < -0.3 is 4.74 Å². The van der Waals surface area contributed by atoms with Crippen molar-refractivity contribution in [1.29, 1.82) is 0 Å². The molecule has 0 amide bonds. The highest BCUT2D eigenvalue weighted by Gasteiger charge is 2.39. The van der Waals surface area contributed by atoms with Crippen molar-refractivity contribution in [3.63, 3.8) is 0 Å². The first kappa shape index (κ1) is 21.2. The van der Waals surface area contributed by atoms with E-state index in [0.717, 1.165) is 49.7 Å². The maximum atomic E-state index is 5.45. The number of allylic oxidation sites excluding steroid dienone is 5. The van der Waals surface area contributed by atoms with Crippen molar-refractivity contribution in [3.05, 3.63) is 48.6 Å². The van der Waals surface area contributed by atoms with E-state index < -0.39 is 0 Å². The highest BCUT2D eigenvalue weighted by Crippen LogP contribution is 2.44. The van der Waals surface area contributed by atoms with Crippen LogP contribution >= 0.6 is 11.8 Å². The zero-order valence-corrected chi connectivity index (χ0v) is 17.5. The van der Waals surface area contributed by atoms with Gasteiger partial charge in [-0.15, -0.1) is 18.3 Å². The minimum atomic E-state index is 0.296. The lowest BCUT2D eigenvalue weighted by atomic mass is 10.1. The predicted molar refractivity (Wildman–Crippen MR) is 117 cm³/mol. The van der Waals surface area contributed by atoms with Crippen LogP contribution in [0.3, 0.4) is 0 Å². The second-order valence-electron chi connectivity index (χ2n) is 7.53. The van der Waals surface area contributed by atoms with Crippen LogP contribution in [-0.4, -0.2) is 30.1 Å². The zero-order chi connectivity index (χ0) is 18.8. The second-order valence-corrected chi connectivity index (χ2v) is 8.57. The highest BCUT2D eigenvalue weighted by atomic mass is 32.2. The SMILES string of the molecule is C=CCC(CC/C(C)=C/C=C\CC/C=C\[C@@H]1CSC(C2CC2C)=N1)OC. The number of hydrogen-bond donors (Lipinski definition) is 0. The minimum Gasteiger partial charge on any atom is -0.381 e. The number of nitrogens with zero attached hydrogens (tertiary/aromatic N) is 1. The molecule has 0 aromatic rings. The largest absolute Gasteiger partial charge is 0.381 e. The predicted octanol–water partition coefficient (Wildman–Crippen LogP) is 6.37. The maximum absolute atomic E-state index is 5.45. The fraction of sp³-hybridized carbons (Fsp3) is 0.609. The van der Waals surface area contributed by atoms with Crippen molar-refractivity contribution in [2.75, 3.05) is 12.9 Å². The summed E-state index contributed by atoms with van der Waals surface area (Å²) < 4.78 is 5.45. The van der Waals surface area contributed by atoms with Gasteiger partial charge in [0.1, 0.15) is 0 Å². The molecule has 144 valence electrons. The molecule has 0 saturated heterocycles. The summed E-state index contributed by atoms with van der Waals surface area (Å²) in [7, 11) is 1.78. The first-order valence-corrected chi connectivity index (χ1v) is 11.0. The molecule has 0 aromatic carbocycles. The third-order valence-corrected chi connectivity index (χ3v) is 6.33. The van der Waals surface area contributed by atoms with E-state index in [4.69, 9.17) is 9.73 Å². The van der Waals surface area contributed by atoms with Gasteiger partial charge in [0.15, 0.2) is 0 Å². The smallest absolute Gasteiger partial charge is 0.0783 e. The number of methoxy groups -OCH3 is 1. The number of ether oxygens (including phenoxy) is 1. The number of rotatable bonds is 12. The van der Waals surface area contributed by atoms with Gasteiger partial charge in [0.25, 0.3) is 0 Å². The summed E-state index contributed by atoms with van der Waals surface area (Å²) in [6, 6.07) is 0.415. The molecule has 1 aliphatic carbocycles. The van der Waals surface area contributed by atoms with Gasteiger partial charge in [0.2, 0.25) is 0 Å². The Morgan fingerprint density at radius 1 is 1.38 bits per heavy atom. The van der Waals surface area contributed by atoms with Crippen LogP contribution in [0.1, 0.15) is 52.4 Å². The standard InChI is InChI=1S/C23H35NOS/c1-5-11-21(25-4)15-14-18(2)12-9-7-6-8-10-13-20-17-26-23(24-20)22-16-19(22)3/h5,7,9-10,12-13,19-22H,1,6,8,11,14-17H2,2-4H3/b9-7-,13-10-,18-12+/t19?,20-,21?,22?/m1/s1. The van der Waals surface area contributed by atoms with Crippen molar-refractivity contribution in [1.82, 2.24) is 0 Å². The molecule has 3 unspecified atom stereocenters. The van der Waals surface area contributed by atoms with E-state index in [1.54, 1.807) is 7.11 Å². The quantitative estimate of drug-likeness (QED) is 0.225. The molecule has 1 fully saturated rings. The molecule has 0 spiro atoms. The van der Waals surface area contributed by atoms with Crippen LogP contribution in [0.5, 0.6) is 0 Å². The highest BCUT2D eigenvalue weighted by molar-refractivity contribution is 8.14. The van der Waals surface area contributed by atoms with Gasteiger partial charge in [0, 0.05) is 18.8 Å². The van der Waals surface area contributed by atoms with Crippen molar-refractivity contribution in [2.45, 2.75) is 64.5 Å². The summed E-state index contributed by atoms with van der Waals surface area (Å²) in [6.07, 6.45) is 20.1. The molecule has 2 nitrogen and oxygen atoms in total. The summed E-state index contributed by atoms with van der Waals surface area (Å²) in [5.74, 6) is 2.79. The van der Waals surface area contributed by atoms with E-state index in [1.807, 2.05) is 17.8 Å². The lowest BCUT2D eigenvalue weighted by Gasteiger charge is -2.12. The normalized spacial score (nSPS) is 27.3. The molecule has 2 aliphatic rings. The number of hydrogen-bond acceptors (Lipinski definition) is 3. The molecule has 0 radical (unpaired) electrons. The average Bonchev–Trinajstić information content (AvgIpc) is 3.18. The summed E-state index contributed by atoms with van der Waals surface area (Å²) in [5, 5.41) is 1.41. The first-order chi connectivity index (χ1) is 12.6. The Morgan fingerprint density at radius 3 is 2.85 bits per heavy atom. The number of aliphatic imine (C=N–C) groups is 1. The molecule has 1 aliphatic heterocycles. The molecule has 1 heterocycles. The van der Waals surface area contributed by atoms with Crippen LogP contribution < -0.4 is 0 Å². The fourth-order valence-electron chi connectivity index (χ4n) is 3.14. The summed E-state index contributed by atoms with van der Waals surface area (Å²) in [5.41, 5.74) is 1.40. The number of unbranched alkanes of at least 4 members (excludes halogenated alkanes) is 1. The monoisotopic (exact) mass is 373 g/mol. The summed E-state index contributed by atoms with van der Waals surface area (Å²) in [6.45, 7) is 8.31. The molecular weight excluding hydrogens is 338 g/mol.